The molecule has 0 radical (unpaired) electrons. The number of aromatic nitrogens is 1. The van der Waals surface area contributed by atoms with Gasteiger partial charge in [0.1, 0.15) is 5.15 Å². The van der Waals surface area contributed by atoms with Crippen LogP contribution in [0, 0.1) is 10.1 Å². The van der Waals surface area contributed by atoms with E-state index in [9.17, 15) is 10.1 Å². The van der Waals surface area contributed by atoms with Crippen molar-refractivity contribution < 1.29 is 4.92 Å². The fourth-order valence-electron chi connectivity index (χ4n) is 1.41. The van der Waals surface area contributed by atoms with Crippen molar-refractivity contribution in [2.24, 2.45) is 0 Å². The molecule has 0 spiro atoms. The normalized spacial score (nSPS) is 12.4. The van der Waals surface area contributed by atoms with Crippen molar-refractivity contribution >= 4 is 23.4 Å². The number of nitrogens with zero attached hydrogens (tertiary/aromatic N) is 2. The second kappa shape index (κ2) is 7.61. The van der Waals surface area contributed by atoms with Crippen LogP contribution in [0.2, 0.25) is 5.15 Å². The number of halogens is 1. The van der Waals surface area contributed by atoms with E-state index in [0.29, 0.717) is 16.0 Å². The smallest absolute Gasteiger partial charge is 0.258 e. The molecule has 98 valence electrons. The highest BCUT2D eigenvalue weighted by atomic mass is 35.5. The van der Waals surface area contributed by atoms with Gasteiger partial charge in [0.2, 0.25) is 0 Å². The third-order valence-corrected chi connectivity index (χ3v) is 2.37. The quantitative estimate of drug-likeness (QED) is 0.470. The molecule has 1 aromatic rings. The molecule has 0 bridgehead atoms. The number of hydrogen-bond acceptors (Lipinski definition) is 3. The van der Waals surface area contributed by atoms with Crippen molar-refractivity contribution in [3.05, 3.63) is 50.1 Å². The van der Waals surface area contributed by atoms with Crippen LogP contribution in [0.15, 0.2) is 24.4 Å². The molecule has 0 aromatic carbocycles. The minimum atomic E-state index is -0.457. The van der Waals surface area contributed by atoms with Crippen molar-refractivity contribution in [3.8, 4) is 0 Å². The summed E-state index contributed by atoms with van der Waals surface area (Å²) in [5.74, 6) is 0. The first kappa shape index (κ1) is 16.3. The molecule has 0 N–H and O–H groups in total. The average molecular weight is 269 g/mol. The zero-order valence-corrected chi connectivity index (χ0v) is 11.8. The Hall–Kier alpha value is -1.68. The van der Waals surface area contributed by atoms with Crippen LogP contribution in [-0.4, -0.2) is 9.91 Å². The predicted molar refractivity (Wildman–Crippen MR) is 75.2 cm³/mol. The lowest BCUT2D eigenvalue weighted by molar-refractivity contribution is -0.376. The summed E-state index contributed by atoms with van der Waals surface area (Å²) in [5, 5.41) is 12.2. The Morgan fingerprint density at radius 1 is 1.56 bits per heavy atom. The molecule has 0 saturated carbocycles. The molecular formula is C13H17ClN2O2. The van der Waals surface area contributed by atoms with Crippen LogP contribution in [0.1, 0.15) is 27.7 Å². The zero-order chi connectivity index (χ0) is 14.3. The number of pyridine rings is 1. The van der Waals surface area contributed by atoms with Gasteiger partial charge in [-0.3, -0.25) is 10.1 Å². The van der Waals surface area contributed by atoms with E-state index in [2.05, 4.69) is 11.6 Å². The Kier molecular flexibility index (Phi) is 6.90. The highest BCUT2D eigenvalue weighted by Crippen LogP contribution is 2.05. The van der Waals surface area contributed by atoms with Crippen LogP contribution in [-0.2, 0) is 0 Å². The molecule has 0 fully saturated rings. The third-order valence-electron chi connectivity index (χ3n) is 2.07. The van der Waals surface area contributed by atoms with Crippen molar-refractivity contribution in [2.45, 2.75) is 27.7 Å². The van der Waals surface area contributed by atoms with Crippen molar-refractivity contribution in [3.63, 3.8) is 0 Å². The maximum atomic E-state index is 11.0. The molecule has 0 aliphatic rings. The fraction of sp³-hybridized carbons (Fsp3) is 0.308. The maximum Gasteiger partial charge on any atom is 0.279 e. The van der Waals surface area contributed by atoms with Gasteiger partial charge in [-0.1, -0.05) is 38.1 Å². The van der Waals surface area contributed by atoms with E-state index >= 15 is 0 Å². The lowest BCUT2D eigenvalue weighted by atomic mass is 10.1. The largest absolute Gasteiger partial charge is 0.279 e. The van der Waals surface area contributed by atoms with Gasteiger partial charge >= 0.3 is 0 Å². The van der Waals surface area contributed by atoms with E-state index in [1.165, 1.54) is 6.20 Å². The highest BCUT2D eigenvalue weighted by Gasteiger charge is 2.14. The molecular weight excluding hydrogens is 252 g/mol. The van der Waals surface area contributed by atoms with Crippen LogP contribution in [0.3, 0.4) is 0 Å². The lowest BCUT2D eigenvalue weighted by Crippen LogP contribution is -2.31. The van der Waals surface area contributed by atoms with Gasteiger partial charge in [0, 0.05) is 17.0 Å². The molecule has 0 amide bonds. The maximum absolute atomic E-state index is 11.0. The van der Waals surface area contributed by atoms with Gasteiger partial charge in [-0.2, -0.15) is 0 Å². The lowest BCUT2D eigenvalue weighted by Gasteiger charge is -1.98. The first-order valence-electron chi connectivity index (χ1n) is 5.60. The molecule has 4 nitrogen and oxygen atoms in total. The molecule has 0 aliphatic carbocycles. The topological polar surface area (TPSA) is 56.0 Å². The minimum absolute atomic E-state index is 0.0302. The third kappa shape index (κ3) is 3.67. The van der Waals surface area contributed by atoms with E-state index < -0.39 is 4.92 Å². The SMILES string of the molecule is C=C(C)/C(=c1/ccnc(Cl)/c1=C/C)[N+](=O)[O-].CC. The molecule has 5 heteroatoms. The highest BCUT2D eigenvalue weighted by molar-refractivity contribution is 6.29. The molecule has 0 saturated heterocycles. The van der Waals surface area contributed by atoms with Gasteiger partial charge in [-0.25, -0.2) is 4.98 Å². The standard InChI is InChI=1S/C11H11ClN2O2.C2H6/c1-4-8-9(5-6-13-11(8)12)10(7(2)3)14(15)16;1-2/h4-6H,2H2,1,3H3;1-2H3/b8-4+,10-9+;. The van der Waals surface area contributed by atoms with E-state index in [0.717, 1.165) is 0 Å². The van der Waals surface area contributed by atoms with Gasteiger partial charge in [-0.15, -0.1) is 0 Å². The first-order chi connectivity index (χ1) is 8.49. The van der Waals surface area contributed by atoms with Crippen molar-refractivity contribution in [2.75, 3.05) is 0 Å². The van der Waals surface area contributed by atoms with E-state index in [1.54, 1.807) is 26.0 Å². The average Bonchev–Trinajstić information content (AvgIpc) is 2.31. The summed E-state index contributed by atoms with van der Waals surface area (Å²) in [6.45, 7) is 10.9. The second-order valence-corrected chi connectivity index (χ2v) is 3.60. The Morgan fingerprint density at radius 2 is 2.11 bits per heavy atom. The van der Waals surface area contributed by atoms with E-state index in [1.807, 2.05) is 13.8 Å². The minimum Gasteiger partial charge on any atom is -0.258 e. The number of nitro groups is 1. The molecule has 1 rings (SSSR count). The van der Waals surface area contributed by atoms with E-state index in [-0.39, 0.29) is 10.9 Å². The van der Waals surface area contributed by atoms with Gasteiger partial charge in [0.05, 0.1) is 10.1 Å². The van der Waals surface area contributed by atoms with Crippen LogP contribution >= 0.6 is 11.6 Å². The molecule has 0 atom stereocenters. The summed E-state index contributed by atoms with van der Waals surface area (Å²) in [6, 6.07) is 1.56. The summed E-state index contributed by atoms with van der Waals surface area (Å²) in [7, 11) is 0. The Labute approximate surface area is 111 Å². The molecule has 18 heavy (non-hydrogen) atoms. The Bertz CT molecular complexity index is 549. The first-order valence-corrected chi connectivity index (χ1v) is 5.98. The van der Waals surface area contributed by atoms with Crippen LogP contribution in [0.4, 0.5) is 0 Å². The van der Waals surface area contributed by atoms with Gasteiger partial charge in [-0.05, 0) is 19.9 Å². The zero-order valence-electron chi connectivity index (χ0n) is 11.0. The Balaban J connectivity index is 0.00000137. The summed E-state index contributed by atoms with van der Waals surface area (Å²) >= 11 is 5.88. The molecule has 0 unspecified atom stereocenters. The summed E-state index contributed by atoms with van der Waals surface area (Å²) in [6.07, 6.45) is 3.13. The number of rotatable bonds is 2. The monoisotopic (exact) mass is 268 g/mol. The summed E-state index contributed by atoms with van der Waals surface area (Å²) in [5.41, 5.74) is 0.354. The fourth-order valence-corrected chi connectivity index (χ4v) is 1.68. The molecule has 0 aliphatic heterocycles. The summed E-state index contributed by atoms with van der Waals surface area (Å²) < 4.78 is 0. The van der Waals surface area contributed by atoms with Crippen LogP contribution < -0.4 is 10.4 Å². The summed E-state index contributed by atoms with van der Waals surface area (Å²) in [4.78, 5) is 14.4. The van der Waals surface area contributed by atoms with E-state index in [4.69, 9.17) is 11.6 Å². The molecule has 1 aromatic heterocycles. The van der Waals surface area contributed by atoms with Crippen LogP contribution in [0.5, 0.6) is 0 Å². The Morgan fingerprint density at radius 3 is 2.50 bits per heavy atom. The van der Waals surface area contributed by atoms with Crippen molar-refractivity contribution in [1.29, 1.82) is 0 Å². The molecule has 1 heterocycles. The van der Waals surface area contributed by atoms with Gasteiger partial charge < -0.3 is 0 Å². The number of hydrogen-bond donors (Lipinski definition) is 0. The van der Waals surface area contributed by atoms with Crippen molar-refractivity contribution in [1.82, 2.24) is 4.98 Å². The van der Waals surface area contributed by atoms with Gasteiger partial charge in [0.15, 0.2) is 0 Å². The van der Waals surface area contributed by atoms with Gasteiger partial charge in [0.25, 0.3) is 5.70 Å². The second-order valence-electron chi connectivity index (χ2n) is 3.24. The van der Waals surface area contributed by atoms with Crippen LogP contribution in [0.25, 0.3) is 11.8 Å². The predicted octanol–water partition coefficient (Wildman–Crippen LogP) is 2.52.